The Morgan fingerprint density at radius 1 is 0.615 bits per heavy atom. The molecule has 9 nitrogen and oxygen atoms in total. The highest BCUT2D eigenvalue weighted by Gasteiger charge is 2.23. The zero-order valence-electron chi connectivity index (χ0n) is 32.5. The number of phosphoric ester groups is 1. The molecule has 0 rings (SSSR count). The minimum atomic E-state index is -4.43. The second-order valence-electron chi connectivity index (χ2n) is 12.9. The Kier molecular flexibility index (Phi) is 36.3. The summed E-state index contributed by atoms with van der Waals surface area (Å²) in [6.07, 6.45) is 45.5. The first-order valence-corrected chi connectivity index (χ1v) is 21.4. The minimum Gasteiger partial charge on any atom is -0.463 e. The van der Waals surface area contributed by atoms with Gasteiger partial charge in [0, 0.05) is 19.4 Å². The molecule has 0 radical (unpaired) electrons. The molecule has 298 valence electrons. The molecule has 0 fully saturated rings. The van der Waals surface area contributed by atoms with E-state index in [1.54, 1.807) is 0 Å². The molecular weight excluding hydrogens is 677 g/mol. The first kappa shape index (κ1) is 49.5. The maximum atomic E-state index is 12.1. The summed E-state index contributed by atoms with van der Waals surface area (Å²) >= 11 is 0. The second kappa shape index (κ2) is 38.2. The lowest BCUT2D eigenvalue weighted by atomic mass is 10.1. The Balaban J connectivity index is 3.72. The molecule has 0 saturated carbocycles. The van der Waals surface area contributed by atoms with E-state index in [1.165, 1.54) is 44.9 Å². The molecule has 10 heteroatoms. The van der Waals surface area contributed by atoms with Crippen LogP contribution in [0.15, 0.2) is 72.9 Å². The third-order valence-corrected chi connectivity index (χ3v) is 8.89. The van der Waals surface area contributed by atoms with Gasteiger partial charge in [0.1, 0.15) is 12.7 Å². The van der Waals surface area contributed by atoms with E-state index in [4.69, 9.17) is 13.8 Å². The van der Waals surface area contributed by atoms with Crippen molar-refractivity contribution in [1.29, 1.82) is 0 Å². The summed E-state index contributed by atoms with van der Waals surface area (Å²) in [5.41, 5.74) is 0. The van der Waals surface area contributed by atoms with Crippen LogP contribution in [0.5, 0.6) is 0 Å². The van der Waals surface area contributed by atoms with E-state index in [1.807, 2.05) is 0 Å². The Labute approximate surface area is 316 Å². The highest BCUT2D eigenvalue weighted by Crippen LogP contribution is 2.42. The molecule has 0 aromatic rings. The van der Waals surface area contributed by atoms with E-state index in [9.17, 15) is 24.2 Å². The number of hydrogen-bond donors (Lipinski definition) is 3. The van der Waals surface area contributed by atoms with E-state index in [0.717, 1.165) is 77.0 Å². The number of carbonyl (C=O) groups excluding carboxylic acids is 2. The molecule has 1 amide bonds. The Hall–Kier alpha value is -2.55. The van der Waals surface area contributed by atoms with Crippen molar-refractivity contribution >= 4 is 19.7 Å². The number of esters is 1. The van der Waals surface area contributed by atoms with Crippen LogP contribution < -0.4 is 5.32 Å². The van der Waals surface area contributed by atoms with Crippen LogP contribution in [0.2, 0.25) is 0 Å². The van der Waals surface area contributed by atoms with Crippen molar-refractivity contribution in [1.82, 2.24) is 5.32 Å². The normalized spacial score (nSPS) is 14.2. The summed E-state index contributed by atoms with van der Waals surface area (Å²) in [5.74, 6) is -0.568. The number of ether oxygens (including phenoxy) is 1. The van der Waals surface area contributed by atoms with Crippen molar-refractivity contribution in [3.05, 3.63) is 72.9 Å². The van der Waals surface area contributed by atoms with E-state index in [0.29, 0.717) is 6.42 Å². The fraction of sp³-hybridized carbons (Fsp3) is 0.667. The number of allylic oxidation sites excluding steroid dienone is 12. The number of aliphatic hydroxyl groups excluding tert-OH is 1. The molecule has 0 spiro atoms. The Morgan fingerprint density at radius 3 is 1.63 bits per heavy atom. The summed E-state index contributed by atoms with van der Waals surface area (Å²) in [6, 6.07) is 0. The lowest BCUT2D eigenvalue weighted by Gasteiger charge is -2.15. The third-order valence-electron chi connectivity index (χ3n) is 7.90. The number of phosphoric acid groups is 1. The van der Waals surface area contributed by atoms with Crippen molar-refractivity contribution in [2.24, 2.45) is 0 Å². The van der Waals surface area contributed by atoms with Crippen molar-refractivity contribution in [3.63, 3.8) is 0 Å². The highest BCUT2D eigenvalue weighted by atomic mass is 31.2. The maximum Gasteiger partial charge on any atom is 0.472 e. The van der Waals surface area contributed by atoms with E-state index in [2.05, 4.69) is 92.1 Å². The average molecular weight is 750 g/mol. The molecule has 0 aromatic carbocycles. The number of nitrogens with one attached hydrogen (secondary N) is 1. The molecule has 0 bridgehead atoms. The van der Waals surface area contributed by atoms with Crippen molar-refractivity contribution in [2.75, 3.05) is 26.4 Å². The molecule has 0 saturated heterocycles. The standard InChI is InChI=1S/C42H72NO8P/c1-3-5-7-9-11-13-15-16-17-18-19-20-21-22-23-24-25-26-28-30-32-34-41(45)43-36-37-50-52(47,48)51-39-40(44)38-49-42(46)35-33-31-29-27-14-12-10-8-6-4-2/h5,7,11,13,16-17,19-20,22-23,25-26,40,44H,3-4,6,8-10,12,14-15,18,21,24,27-39H2,1-2H3,(H,43,45)(H,47,48)/b7-5-,13-11-,17-16-,20-19-,23-22-,26-25-. The molecule has 0 aromatic heterocycles. The van der Waals surface area contributed by atoms with Crippen LogP contribution in [0.25, 0.3) is 0 Å². The van der Waals surface area contributed by atoms with Crippen molar-refractivity contribution < 1.29 is 37.9 Å². The average Bonchev–Trinajstić information content (AvgIpc) is 3.13. The second-order valence-corrected chi connectivity index (χ2v) is 14.3. The van der Waals surface area contributed by atoms with E-state index < -0.39 is 26.5 Å². The lowest BCUT2D eigenvalue weighted by molar-refractivity contribution is -0.147. The van der Waals surface area contributed by atoms with Gasteiger partial charge in [-0.05, 0) is 64.2 Å². The topological polar surface area (TPSA) is 131 Å². The number of rotatable bonds is 36. The molecular formula is C42H72NO8P. The van der Waals surface area contributed by atoms with E-state index in [-0.39, 0.29) is 32.1 Å². The predicted octanol–water partition coefficient (Wildman–Crippen LogP) is 10.7. The fourth-order valence-electron chi connectivity index (χ4n) is 4.91. The van der Waals surface area contributed by atoms with Crippen LogP contribution in [0, 0.1) is 0 Å². The van der Waals surface area contributed by atoms with Gasteiger partial charge in [0.15, 0.2) is 0 Å². The number of hydrogen-bond acceptors (Lipinski definition) is 7. The highest BCUT2D eigenvalue weighted by molar-refractivity contribution is 7.47. The van der Waals surface area contributed by atoms with Gasteiger partial charge in [-0.15, -0.1) is 0 Å². The van der Waals surface area contributed by atoms with Gasteiger partial charge in [0.05, 0.1) is 13.2 Å². The van der Waals surface area contributed by atoms with E-state index >= 15 is 0 Å². The molecule has 2 atom stereocenters. The van der Waals surface area contributed by atoms with Crippen LogP contribution in [0.4, 0.5) is 0 Å². The molecule has 0 aliphatic heterocycles. The Bertz CT molecular complexity index is 1080. The van der Waals surface area contributed by atoms with Crippen LogP contribution in [-0.4, -0.2) is 54.3 Å². The summed E-state index contributed by atoms with van der Waals surface area (Å²) < 4.78 is 26.7. The van der Waals surface area contributed by atoms with Crippen LogP contribution in [-0.2, 0) is 27.9 Å². The largest absolute Gasteiger partial charge is 0.472 e. The zero-order valence-corrected chi connectivity index (χ0v) is 33.4. The first-order chi connectivity index (χ1) is 25.3. The third kappa shape index (κ3) is 38.7. The van der Waals surface area contributed by atoms with Crippen LogP contribution in [0.3, 0.4) is 0 Å². The number of aliphatic hydroxyl groups is 1. The maximum absolute atomic E-state index is 12.1. The molecule has 52 heavy (non-hydrogen) atoms. The van der Waals surface area contributed by atoms with Gasteiger partial charge < -0.3 is 20.1 Å². The predicted molar refractivity (Wildman–Crippen MR) is 215 cm³/mol. The molecule has 0 aliphatic rings. The quantitative estimate of drug-likeness (QED) is 0.0250. The number of unbranched alkanes of at least 4 members (excludes halogenated alkanes) is 11. The van der Waals surface area contributed by atoms with Gasteiger partial charge in [0.25, 0.3) is 0 Å². The summed E-state index contributed by atoms with van der Waals surface area (Å²) in [5, 5.41) is 12.6. The summed E-state index contributed by atoms with van der Waals surface area (Å²) in [7, 11) is -4.43. The smallest absolute Gasteiger partial charge is 0.463 e. The van der Waals surface area contributed by atoms with Crippen LogP contribution in [0.1, 0.15) is 149 Å². The number of carbonyl (C=O) groups is 2. The minimum absolute atomic E-state index is 0.0546. The first-order valence-electron chi connectivity index (χ1n) is 19.9. The van der Waals surface area contributed by atoms with Crippen molar-refractivity contribution in [3.8, 4) is 0 Å². The van der Waals surface area contributed by atoms with Gasteiger partial charge in [-0.3, -0.25) is 18.6 Å². The van der Waals surface area contributed by atoms with Gasteiger partial charge in [-0.1, -0.05) is 145 Å². The summed E-state index contributed by atoms with van der Waals surface area (Å²) in [4.78, 5) is 33.7. The SMILES string of the molecule is CC/C=C\C/C=C\C/C=C\C/C=C\C/C=C\C/C=C\CCCCC(=O)NCCOP(=O)(O)OCC(O)COC(=O)CCCCCCCCCCCC. The monoisotopic (exact) mass is 749 g/mol. The van der Waals surface area contributed by atoms with Gasteiger partial charge in [-0.2, -0.15) is 0 Å². The summed E-state index contributed by atoms with van der Waals surface area (Å²) in [6.45, 7) is 3.34. The van der Waals surface area contributed by atoms with Crippen LogP contribution >= 0.6 is 7.82 Å². The Morgan fingerprint density at radius 2 is 1.10 bits per heavy atom. The van der Waals surface area contributed by atoms with Gasteiger partial charge in [0.2, 0.25) is 5.91 Å². The molecule has 3 N–H and O–H groups in total. The zero-order chi connectivity index (χ0) is 38.2. The fourth-order valence-corrected chi connectivity index (χ4v) is 5.67. The lowest BCUT2D eigenvalue weighted by Crippen LogP contribution is -2.27. The molecule has 0 heterocycles. The number of amides is 1. The van der Waals surface area contributed by atoms with Crippen molar-refractivity contribution in [2.45, 2.75) is 155 Å². The molecule has 0 aliphatic carbocycles. The van der Waals surface area contributed by atoms with Gasteiger partial charge >= 0.3 is 13.8 Å². The van der Waals surface area contributed by atoms with Gasteiger partial charge in [-0.25, -0.2) is 4.57 Å². The molecule has 2 unspecified atom stereocenters.